The fourth-order valence-corrected chi connectivity index (χ4v) is 4.87. The molecule has 30 heavy (non-hydrogen) atoms. The van der Waals surface area contributed by atoms with Gasteiger partial charge in [0.1, 0.15) is 5.54 Å². The van der Waals surface area contributed by atoms with E-state index in [1.165, 1.54) is 10.5 Å². The molecule has 1 spiro atoms. The molecule has 2 aliphatic heterocycles. The Hall–Kier alpha value is -2.12. The van der Waals surface area contributed by atoms with Gasteiger partial charge in [0.2, 0.25) is 5.91 Å². The van der Waals surface area contributed by atoms with Crippen LogP contribution in [0.4, 0.5) is 4.79 Å². The molecule has 1 N–H and O–H groups in total. The van der Waals surface area contributed by atoms with E-state index in [1.54, 1.807) is 0 Å². The Morgan fingerprint density at radius 1 is 1.03 bits per heavy atom. The minimum atomic E-state index is -0.665. The van der Waals surface area contributed by atoms with Crippen LogP contribution in [0.25, 0.3) is 0 Å². The average Bonchev–Trinajstić information content (AvgIpc) is 3.30. The lowest BCUT2D eigenvalue weighted by Crippen LogP contribution is -2.48. The summed E-state index contributed by atoms with van der Waals surface area (Å²) < 4.78 is 0. The highest BCUT2D eigenvalue weighted by atomic mass is 35.5. The van der Waals surface area contributed by atoms with Crippen molar-refractivity contribution in [3.8, 4) is 0 Å². The first-order valence-electron chi connectivity index (χ1n) is 10.9. The first-order chi connectivity index (χ1) is 14.5. The Morgan fingerprint density at radius 3 is 2.37 bits per heavy atom. The van der Waals surface area contributed by atoms with E-state index in [0.717, 1.165) is 50.3 Å². The number of carbonyl (C=O) groups excluding carboxylic acids is 3. The lowest BCUT2D eigenvalue weighted by atomic mass is 9.98. The van der Waals surface area contributed by atoms with Crippen molar-refractivity contribution in [3.63, 3.8) is 0 Å². The molecule has 1 aliphatic carbocycles. The summed E-state index contributed by atoms with van der Waals surface area (Å²) in [5, 5.41) is 3.62. The van der Waals surface area contributed by atoms with Crippen molar-refractivity contribution in [2.75, 3.05) is 32.7 Å². The predicted molar refractivity (Wildman–Crippen MR) is 114 cm³/mol. The van der Waals surface area contributed by atoms with Crippen LogP contribution in [0.3, 0.4) is 0 Å². The summed E-state index contributed by atoms with van der Waals surface area (Å²) in [7, 11) is 0. The van der Waals surface area contributed by atoms with E-state index in [9.17, 15) is 14.4 Å². The monoisotopic (exact) mass is 432 g/mol. The maximum atomic E-state index is 12.7. The van der Waals surface area contributed by atoms with Crippen LogP contribution in [-0.2, 0) is 16.1 Å². The third-order valence-electron chi connectivity index (χ3n) is 6.52. The molecule has 1 aromatic rings. The molecule has 0 unspecified atom stereocenters. The van der Waals surface area contributed by atoms with Crippen molar-refractivity contribution >= 4 is 29.4 Å². The number of rotatable bonds is 6. The average molecular weight is 433 g/mol. The van der Waals surface area contributed by atoms with Gasteiger partial charge in [-0.2, -0.15) is 0 Å². The molecule has 1 saturated carbocycles. The van der Waals surface area contributed by atoms with Crippen molar-refractivity contribution in [1.82, 2.24) is 20.0 Å². The molecule has 7 nitrogen and oxygen atoms in total. The van der Waals surface area contributed by atoms with Gasteiger partial charge in [-0.25, -0.2) is 4.79 Å². The maximum Gasteiger partial charge on any atom is 0.325 e. The van der Waals surface area contributed by atoms with Crippen LogP contribution in [0.2, 0.25) is 5.02 Å². The minimum Gasteiger partial charge on any atom is -0.340 e. The van der Waals surface area contributed by atoms with Gasteiger partial charge in [-0.1, -0.05) is 36.6 Å². The van der Waals surface area contributed by atoms with Crippen molar-refractivity contribution in [2.24, 2.45) is 0 Å². The highest BCUT2D eigenvalue weighted by molar-refractivity contribution is 6.30. The summed E-state index contributed by atoms with van der Waals surface area (Å²) in [6.07, 6.45) is 4.28. The van der Waals surface area contributed by atoms with Gasteiger partial charge < -0.3 is 10.2 Å². The van der Waals surface area contributed by atoms with Crippen LogP contribution in [0.1, 0.15) is 44.1 Å². The zero-order chi connectivity index (χ0) is 21.1. The molecule has 0 atom stereocenters. The molecule has 3 fully saturated rings. The number of benzene rings is 1. The minimum absolute atomic E-state index is 0.101. The topological polar surface area (TPSA) is 73.0 Å². The molecule has 1 aromatic carbocycles. The first kappa shape index (κ1) is 21.1. The Balaban J connectivity index is 1.19. The van der Waals surface area contributed by atoms with Gasteiger partial charge >= 0.3 is 6.03 Å². The molecule has 162 valence electrons. The van der Waals surface area contributed by atoms with E-state index in [-0.39, 0.29) is 17.8 Å². The molecule has 0 aromatic heterocycles. The molecule has 4 rings (SSSR count). The molecule has 8 heteroatoms. The van der Waals surface area contributed by atoms with Crippen molar-refractivity contribution in [3.05, 3.63) is 34.9 Å². The van der Waals surface area contributed by atoms with E-state index in [1.807, 2.05) is 29.2 Å². The Labute approximate surface area is 182 Å². The second kappa shape index (κ2) is 8.94. The number of hydrogen-bond donors (Lipinski definition) is 1. The van der Waals surface area contributed by atoms with Crippen molar-refractivity contribution < 1.29 is 14.4 Å². The van der Waals surface area contributed by atoms with Crippen LogP contribution in [0, 0.1) is 0 Å². The van der Waals surface area contributed by atoms with E-state index in [0.29, 0.717) is 32.5 Å². The number of amides is 4. The van der Waals surface area contributed by atoms with Gasteiger partial charge in [0, 0.05) is 50.7 Å². The SMILES string of the molecule is O=C(CCCN1C(=O)NC2(CCCC2)C1=O)N1CCN(Cc2ccc(Cl)cc2)CC1. The number of piperazine rings is 1. The van der Waals surface area contributed by atoms with Gasteiger partial charge in [-0.15, -0.1) is 0 Å². The highest BCUT2D eigenvalue weighted by Crippen LogP contribution is 2.35. The molecule has 2 heterocycles. The number of hydrogen-bond acceptors (Lipinski definition) is 4. The standard InChI is InChI=1S/C22H29ClN4O3/c23-18-7-5-17(6-8-18)16-25-12-14-26(15-13-25)19(28)4-3-11-27-20(29)22(24-21(27)30)9-1-2-10-22/h5-8H,1-4,9-16H2,(H,24,30). The Kier molecular flexibility index (Phi) is 6.29. The second-order valence-corrected chi connectivity index (χ2v) is 9.00. The molecular formula is C22H29ClN4O3. The fourth-order valence-electron chi connectivity index (χ4n) is 4.75. The third-order valence-corrected chi connectivity index (χ3v) is 6.77. The molecular weight excluding hydrogens is 404 g/mol. The fraction of sp³-hybridized carbons (Fsp3) is 0.591. The summed E-state index contributed by atoms with van der Waals surface area (Å²) >= 11 is 5.94. The van der Waals surface area contributed by atoms with Gasteiger partial charge in [0.25, 0.3) is 5.91 Å². The number of nitrogens with zero attached hydrogens (tertiary/aromatic N) is 3. The number of nitrogens with one attached hydrogen (secondary N) is 1. The zero-order valence-electron chi connectivity index (χ0n) is 17.2. The van der Waals surface area contributed by atoms with Gasteiger partial charge in [-0.05, 0) is 37.0 Å². The second-order valence-electron chi connectivity index (χ2n) is 8.56. The number of carbonyl (C=O) groups is 3. The van der Waals surface area contributed by atoms with Crippen LogP contribution in [0.5, 0.6) is 0 Å². The van der Waals surface area contributed by atoms with Gasteiger partial charge in [0.15, 0.2) is 0 Å². The summed E-state index contributed by atoms with van der Waals surface area (Å²) in [5.74, 6) is -0.00274. The lowest BCUT2D eigenvalue weighted by molar-refractivity contribution is -0.134. The normalized spacial score (nSPS) is 21.5. The number of urea groups is 1. The lowest BCUT2D eigenvalue weighted by Gasteiger charge is -2.35. The van der Waals surface area contributed by atoms with Crippen molar-refractivity contribution in [2.45, 2.75) is 50.6 Å². The van der Waals surface area contributed by atoms with Crippen LogP contribution < -0.4 is 5.32 Å². The summed E-state index contributed by atoms with van der Waals surface area (Å²) in [5.41, 5.74) is 0.550. The van der Waals surface area contributed by atoms with Crippen molar-refractivity contribution in [1.29, 1.82) is 0 Å². The van der Waals surface area contributed by atoms with E-state index < -0.39 is 5.54 Å². The van der Waals surface area contributed by atoms with Crippen LogP contribution in [0.15, 0.2) is 24.3 Å². The zero-order valence-corrected chi connectivity index (χ0v) is 18.0. The summed E-state index contributed by atoms with van der Waals surface area (Å²) in [4.78, 5) is 43.0. The number of imide groups is 1. The Morgan fingerprint density at radius 2 is 1.70 bits per heavy atom. The van der Waals surface area contributed by atoms with Crippen LogP contribution in [-0.4, -0.2) is 70.8 Å². The molecule has 2 saturated heterocycles. The molecule has 4 amide bonds. The molecule has 0 bridgehead atoms. The largest absolute Gasteiger partial charge is 0.340 e. The maximum absolute atomic E-state index is 12.7. The predicted octanol–water partition coefficient (Wildman–Crippen LogP) is 2.63. The quantitative estimate of drug-likeness (QED) is 0.701. The van der Waals surface area contributed by atoms with Gasteiger partial charge in [0.05, 0.1) is 0 Å². The Bertz CT molecular complexity index is 799. The van der Waals surface area contributed by atoms with E-state index in [2.05, 4.69) is 10.2 Å². The third kappa shape index (κ3) is 4.47. The smallest absolute Gasteiger partial charge is 0.325 e. The van der Waals surface area contributed by atoms with E-state index >= 15 is 0 Å². The van der Waals surface area contributed by atoms with Gasteiger partial charge in [-0.3, -0.25) is 19.4 Å². The molecule has 3 aliphatic rings. The summed E-state index contributed by atoms with van der Waals surface area (Å²) in [6.45, 7) is 4.26. The first-order valence-corrected chi connectivity index (χ1v) is 11.2. The van der Waals surface area contributed by atoms with Crippen LogP contribution >= 0.6 is 11.6 Å². The number of halogens is 1. The summed E-state index contributed by atoms with van der Waals surface area (Å²) in [6, 6.07) is 7.56. The molecule has 0 radical (unpaired) electrons. The highest BCUT2D eigenvalue weighted by Gasteiger charge is 2.52. The van der Waals surface area contributed by atoms with E-state index in [4.69, 9.17) is 11.6 Å².